The highest BCUT2D eigenvalue weighted by Crippen LogP contribution is 2.36. The lowest BCUT2D eigenvalue weighted by molar-refractivity contribution is 0.222. The van der Waals surface area contributed by atoms with Crippen molar-refractivity contribution in [3.05, 3.63) is 34.8 Å². The van der Waals surface area contributed by atoms with Crippen molar-refractivity contribution in [2.45, 2.75) is 6.10 Å². The second-order valence-electron chi connectivity index (χ2n) is 2.91. The monoisotopic (exact) mass is 272 g/mol. The number of methoxy groups -OCH3 is 2. The summed E-state index contributed by atoms with van der Waals surface area (Å²) in [7, 11) is 3.12. The summed E-state index contributed by atoms with van der Waals surface area (Å²) >= 11 is 3.35. The summed E-state index contributed by atoms with van der Waals surface area (Å²) in [5.41, 5.74) is 0.647. The highest BCUT2D eigenvalue weighted by molar-refractivity contribution is 9.10. The van der Waals surface area contributed by atoms with Crippen LogP contribution in [-0.4, -0.2) is 19.3 Å². The Morgan fingerprint density at radius 2 is 2.07 bits per heavy atom. The van der Waals surface area contributed by atoms with E-state index < -0.39 is 6.10 Å². The van der Waals surface area contributed by atoms with E-state index in [0.29, 0.717) is 17.1 Å². The smallest absolute Gasteiger partial charge is 0.129 e. The van der Waals surface area contributed by atoms with Crippen LogP contribution in [0.3, 0.4) is 0 Å². The molecule has 0 amide bonds. The highest BCUT2D eigenvalue weighted by atomic mass is 79.9. The molecule has 0 radical (unpaired) electrons. The Labute approximate surface area is 97.5 Å². The average Bonchev–Trinajstić information content (AvgIpc) is 2.26. The van der Waals surface area contributed by atoms with Crippen molar-refractivity contribution in [2.75, 3.05) is 14.2 Å². The van der Waals surface area contributed by atoms with Crippen molar-refractivity contribution < 1.29 is 14.6 Å². The van der Waals surface area contributed by atoms with Crippen molar-refractivity contribution in [1.82, 2.24) is 0 Å². The first kappa shape index (κ1) is 12.1. The molecular formula is C11H13BrO3. The summed E-state index contributed by atoms with van der Waals surface area (Å²) in [6, 6.07) is 3.48. The van der Waals surface area contributed by atoms with E-state index in [1.54, 1.807) is 26.4 Å². The second kappa shape index (κ2) is 5.19. The van der Waals surface area contributed by atoms with Crippen molar-refractivity contribution in [1.29, 1.82) is 0 Å². The van der Waals surface area contributed by atoms with Gasteiger partial charge in [-0.25, -0.2) is 0 Å². The third-order valence-corrected chi connectivity index (χ3v) is 2.70. The minimum absolute atomic E-state index is 0.564. The van der Waals surface area contributed by atoms with E-state index in [9.17, 15) is 5.11 Å². The van der Waals surface area contributed by atoms with Crippen LogP contribution >= 0.6 is 15.9 Å². The van der Waals surface area contributed by atoms with Crippen LogP contribution in [-0.2, 0) is 0 Å². The van der Waals surface area contributed by atoms with Crippen LogP contribution in [0.4, 0.5) is 0 Å². The van der Waals surface area contributed by atoms with Gasteiger partial charge in [0.1, 0.15) is 17.6 Å². The zero-order valence-electron chi connectivity index (χ0n) is 8.66. The van der Waals surface area contributed by atoms with E-state index in [4.69, 9.17) is 9.47 Å². The minimum atomic E-state index is -0.764. The number of benzene rings is 1. The van der Waals surface area contributed by atoms with Gasteiger partial charge in [-0.15, -0.1) is 6.58 Å². The van der Waals surface area contributed by atoms with Gasteiger partial charge in [0, 0.05) is 16.1 Å². The molecule has 0 aromatic heterocycles. The fourth-order valence-electron chi connectivity index (χ4n) is 1.26. The predicted octanol–water partition coefficient (Wildman–Crippen LogP) is 2.69. The van der Waals surface area contributed by atoms with E-state index in [2.05, 4.69) is 22.5 Å². The Kier molecular flexibility index (Phi) is 4.17. The van der Waals surface area contributed by atoms with E-state index in [1.165, 1.54) is 6.08 Å². The van der Waals surface area contributed by atoms with Gasteiger partial charge in [0.15, 0.2) is 0 Å². The Morgan fingerprint density at radius 3 is 2.53 bits per heavy atom. The molecule has 0 fully saturated rings. The van der Waals surface area contributed by atoms with Gasteiger partial charge in [0.25, 0.3) is 0 Å². The Bertz CT molecular complexity index is 363. The summed E-state index contributed by atoms with van der Waals surface area (Å²) < 4.78 is 11.0. The number of aliphatic hydroxyl groups excluding tert-OH is 1. The standard InChI is InChI=1S/C11H13BrO3/c1-4-9(13)11-8(12)5-7(14-2)6-10(11)15-3/h4-6,9,13H,1H2,2-3H3. The molecule has 1 N–H and O–H groups in total. The van der Waals surface area contributed by atoms with Crippen LogP contribution in [0.15, 0.2) is 29.3 Å². The van der Waals surface area contributed by atoms with Gasteiger partial charge in [-0.3, -0.25) is 0 Å². The van der Waals surface area contributed by atoms with Crippen LogP contribution in [0.2, 0.25) is 0 Å². The lowest BCUT2D eigenvalue weighted by atomic mass is 10.1. The van der Waals surface area contributed by atoms with Gasteiger partial charge in [-0.2, -0.15) is 0 Å². The highest BCUT2D eigenvalue weighted by Gasteiger charge is 2.15. The molecule has 0 bridgehead atoms. The molecule has 0 saturated heterocycles. The number of ether oxygens (including phenoxy) is 2. The first-order valence-corrected chi connectivity index (χ1v) is 5.15. The number of halogens is 1. The molecule has 1 unspecified atom stereocenters. The fourth-order valence-corrected chi connectivity index (χ4v) is 1.92. The zero-order chi connectivity index (χ0) is 11.4. The molecule has 0 heterocycles. The molecule has 0 aliphatic rings. The first-order chi connectivity index (χ1) is 7.13. The summed E-state index contributed by atoms with van der Waals surface area (Å²) in [6.07, 6.45) is 0.676. The van der Waals surface area contributed by atoms with Crippen LogP contribution in [0.5, 0.6) is 11.5 Å². The number of rotatable bonds is 4. The van der Waals surface area contributed by atoms with Crippen LogP contribution < -0.4 is 9.47 Å². The quantitative estimate of drug-likeness (QED) is 0.857. The van der Waals surface area contributed by atoms with Crippen LogP contribution in [0.25, 0.3) is 0 Å². The Morgan fingerprint density at radius 1 is 1.40 bits per heavy atom. The fraction of sp³-hybridized carbons (Fsp3) is 0.273. The van der Waals surface area contributed by atoms with Gasteiger partial charge in [0.2, 0.25) is 0 Å². The summed E-state index contributed by atoms with van der Waals surface area (Å²) in [4.78, 5) is 0. The number of hydrogen-bond acceptors (Lipinski definition) is 3. The van der Waals surface area contributed by atoms with Crippen molar-refractivity contribution in [3.8, 4) is 11.5 Å². The van der Waals surface area contributed by atoms with Gasteiger partial charge in [-0.1, -0.05) is 22.0 Å². The van der Waals surface area contributed by atoms with Gasteiger partial charge >= 0.3 is 0 Å². The van der Waals surface area contributed by atoms with Gasteiger partial charge < -0.3 is 14.6 Å². The first-order valence-electron chi connectivity index (χ1n) is 4.36. The molecular weight excluding hydrogens is 260 g/mol. The summed E-state index contributed by atoms with van der Waals surface area (Å²) in [5.74, 6) is 1.23. The molecule has 4 heteroatoms. The molecule has 1 rings (SSSR count). The summed E-state index contributed by atoms with van der Waals surface area (Å²) in [5, 5.41) is 9.72. The van der Waals surface area contributed by atoms with Crippen molar-refractivity contribution >= 4 is 15.9 Å². The molecule has 0 aliphatic heterocycles. The third kappa shape index (κ3) is 2.52. The molecule has 1 aromatic carbocycles. The SMILES string of the molecule is C=CC(O)c1c(Br)cc(OC)cc1OC. The maximum absolute atomic E-state index is 9.72. The topological polar surface area (TPSA) is 38.7 Å². The molecule has 1 aromatic rings. The number of aliphatic hydroxyl groups is 1. The second-order valence-corrected chi connectivity index (χ2v) is 3.76. The molecule has 0 spiro atoms. The molecule has 0 aliphatic carbocycles. The Balaban J connectivity index is 3.30. The molecule has 15 heavy (non-hydrogen) atoms. The Hall–Kier alpha value is -1.00. The molecule has 82 valence electrons. The molecule has 3 nitrogen and oxygen atoms in total. The van der Waals surface area contributed by atoms with E-state index in [1.807, 2.05) is 0 Å². The minimum Gasteiger partial charge on any atom is -0.497 e. The van der Waals surface area contributed by atoms with Crippen molar-refractivity contribution in [2.24, 2.45) is 0 Å². The summed E-state index contributed by atoms with van der Waals surface area (Å²) in [6.45, 7) is 3.54. The van der Waals surface area contributed by atoms with Crippen molar-refractivity contribution in [3.63, 3.8) is 0 Å². The zero-order valence-corrected chi connectivity index (χ0v) is 10.2. The maximum Gasteiger partial charge on any atom is 0.129 e. The predicted molar refractivity (Wildman–Crippen MR) is 62.4 cm³/mol. The maximum atomic E-state index is 9.72. The lowest BCUT2D eigenvalue weighted by Gasteiger charge is -2.15. The van der Waals surface area contributed by atoms with E-state index in [0.717, 1.165) is 4.47 Å². The normalized spacial score (nSPS) is 12.0. The molecule has 0 saturated carbocycles. The van der Waals surface area contributed by atoms with Crippen LogP contribution in [0, 0.1) is 0 Å². The van der Waals surface area contributed by atoms with E-state index in [-0.39, 0.29) is 0 Å². The lowest BCUT2D eigenvalue weighted by Crippen LogP contribution is -1.99. The van der Waals surface area contributed by atoms with Gasteiger partial charge in [0.05, 0.1) is 14.2 Å². The molecule has 1 atom stereocenters. The third-order valence-electron chi connectivity index (χ3n) is 2.04. The van der Waals surface area contributed by atoms with Crippen LogP contribution in [0.1, 0.15) is 11.7 Å². The van der Waals surface area contributed by atoms with E-state index >= 15 is 0 Å². The van der Waals surface area contributed by atoms with Gasteiger partial charge in [-0.05, 0) is 6.07 Å². The number of hydrogen-bond donors (Lipinski definition) is 1. The largest absolute Gasteiger partial charge is 0.497 e. The average molecular weight is 273 g/mol.